The van der Waals surface area contributed by atoms with Crippen LogP contribution in [-0.4, -0.2) is 84.4 Å². The number of carbonyl (C=O) groups excluding carboxylic acids is 4. The maximum absolute atomic E-state index is 11.7. The van der Waals surface area contributed by atoms with E-state index < -0.39 is 48.6 Å². The Bertz CT molecular complexity index is 532. The number of quaternary nitrogens is 1. The van der Waals surface area contributed by atoms with E-state index in [2.05, 4.69) is 0 Å². The van der Waals surface area contributed by atoms with Gasteiger partial charge in [0.25, 0.3) is 0 Å². The van der Waals surface area contributed by atoms with Crippen LogP contribution in [0.2, 0.25) is 0 Å². The monoisotopic (exact) mass is 344 g/mol. The van der Waals surface area contributed by atoms with Crippen LogP contribution in [0.1, 0.15) is 12.8 Å². The fraction of sp³-hybridized carbons (Fsp3) is 0.533. The summed E-state index contributed by atoms with van der Waals surface area (Å²) >= 11 is 0. The number of allylic oxidation sites excluding steroid dienone is 1. The second kappa shape index (κ2) is 9.68. The van der Waals surface area contributed by atoms with Crippen LogP contribution < -0.4 is 0 Å². The highest BCUT2D eigenvalue weighted by Crippen LogP contribution is 2.06. The Labute approximate surface area is 139 Å². The van der Waals surface area contributed by atoms with Gasteiger partial charge in [0, 0.05) is 12.5 Å². The zero-order valence-electron chi connectivity index (χ0n) is 13.8. The number of ketones is 2. The number of ether oxygens (including phenoxy) is 1. The molecule has 0 spiro atoms. The first-order chi connectivity index (χ1) is 11.0. The van der Waals surface area contributed by atoms with Crippen molar-refractivity contribution in [1.82, 2.24) is 0 Å². The standard InChI is InChI=1S/C15H21NO8/c1-16(2,3)9-10(8-13(20)21)24-14(22)5-4-11(18)15(23)12(19)6-7-17/h4-5,7,10,12,19H,6,8-9H2,1-3H3/p+1/b5-4+. The van der Waals surface area contributed by atoms with Gasteiger partial charge in [0.15, 0.2) is 6.10 Å². The molecule has 2 unspecified atom stereocenters. The number of Topliss-reactive ketones (excluding diaryl/α,β-unsaturated/α-hetero) is 1. The second-order valence-corrected chi connectivity index (χ2v) is 6.11. The van der Waals surface area contributed by atoms with E-state index in [0.29, 0.717) is 16.6 Å². The Balaban J connectivity index is 4.76. The first-order valence-corrected chi connectivity index (χ1v) is 7.07. The second-order valence-electron chi connectivity index (χ2n) is 6.11. The van der Waals surface area contributed by atoms with Crippen LogP contribution >= 0.6 is 0 Å². The molecule has 0 aliphatic heterocycles. The highest BCUT2D eigenvalue weighted by atomic mass is 16.5. The van der Waals surface area contributed by atoms with Gasteiger partial charge >= 0.3 is 11.9 Å². The number of rotatable bonds is 11. The van der Waals surface area contributed by atoms with Crippen molar-refractivity contribution in [2.75, 3.05) is 27.7 Å². The fourth-order valence-electron chi connectivity index (χ4n) is 1.74. The van der Waals surface area contributed by atoms with Gasteiger partial charge in [-0.05, 0) is 6.08 Å². The predicted octanol–water partition coefficient (Wildman–Crippen LogP) is -1.28. The van der Waals surface area contributed by atoms with Crippen LogP contribution in [-0.2, 0) is 28.7 Å². The normalized spacial score (nSPS) is 14.0. The highest BCUT2D eigenvalue weighted by molar-refractivity contribution is 6.43. The Morgan fingerprint density at radius 3 is 2.17 bits per heavy atom. The van der Waals surface area contributed by atoms with Crippen molar-refractivity contribution in [1.29, 1.82) is 0 Å². The van der Waals surface area contributed by atoms with Crippen molar-refractivity contribution in [3.63, 3.8) is 0 Å². The van der Waals surface area contributed by atoms with E-state index in [9.17, 15) is 29.1 Å². The van der Waals surface area contributed by atoms with Crippen LogP contribution in [0.3, 0.4) is 0 Å². The molecule has 2 N–H and O–H groups in total. The van der Waals surface area contributed by atoms with Gasteiger partial charge in [-0.15, -0.1) is 0 Å². The van der Waals surface area contributed by atoms with Gasteiger partial charge < -0.3 is 24.2 Å². The molecule has 24 heavy (non-hydrogen) atoms. The maximum Gasteiger partial charge on any atom is 0.331 e. The number of hydrogen-bond acceptors (Lipinski definition) is 7. The largest absolute Gasteiger partial charge is 0.481 e. The van der Waals surface area contributed by atoms with Crippen molar-refractivity contribution in [3.8, 4) is 0 Å². The molecule has 0 fully saturated rings. The molecule has 0 saturated heterocycles. The van der Waals surface area contributed by atoms with Gasteiger partial charge in [0.2, 0.25) is 11.6 Å². The molecule has 0 amide bonds. The molecule has 0 saturated carbocycles. The molecule has 0 aromatic heterocycles. The zero-order chi connectivity index (χ0) is 18.9. The van der Waals surface area contributed by atoms with Gasteiger partial charge in [-0.1, -0.05) is 0 Å². The number of aliphatic carboxylic acids is 1. The molecular formula is C15H22NO8+. The smallest absolute Gasteiger partial charge is 0.331 e. The van der Waals surface area contributed by atoms with Crippen LogP contribution in [0, 0.1) is 0 Å². The predicted molar refractivity (Wildman–Crippen MR) is 80.9 cm³/mol. The number of carbonyl (C=O) groups is 5. The molecule has 2 atom stereocenters. The van der Waals surface area contributed by atoms with Gasteiger partial charge in [0.1, 0.15) is 18.9 Å². The molecule has 0 bridgehead atoms. The first-order valence-electron chi connectivity index (χ1n) is 7.07. The summed E-state index contributed by atoms with van der Waals surface area (Å²) in [4.78, 5) is 55.4. The lowest BCUT2D eigenvalue weighted by Gasteiger charge is -2.28. The molecule has 0 aromatic rings. The fourth-order valence-corrected chi connectivity index (χ4v) is 1.74. The number of aliphatic hydroxyl groups excluding tert-OH is 1. The number of hydrogen-bond donors (Lipinski definition) is 2. The summed E-state index contributed by atoms with van der Waals surface area (Å²) in [5.74, 6) is -4.52. The van der Waals surface area contributed by atoms with Crippen LogP contribution in [0.5, 0.6) is 0 Å². The third-order valence-corrected chi connectivity index (χ3v) is 2.67. The molecule has 0 aliphatic carbocycles. The van der Waals surface area contributed by atoms with Gasteiger partial charge in [0.05, 0.1) is 27.6 Å². The zero-order valence-corrected chi connectivity index (χ0v) is 13.8. The minimum Gasteiger partial charge on any atom is -0.481 e. The van der Waals surface area contributed by atoms with Gasteiger partial charge in [-0.2, -0.15) is 0 Å². The molecule has 0 aliphatic rings. The number of aldehydes is 1. The van der Waals surface area contributed by atoms with E-state index in [0.717, 1.165) is 0 Å². The summed E-state index contributed by atoms with van der Waals surface area (Å²) in [6.45, 7) is 0.233. The minimum absolute atomic E-state index is 0.233. The van der Waals surface area contributed by atoms with Crippen molar-refractivity contribution in [3.05, 3.63) is 12.2 Å². The van der Waals surface area contributed by atoms with Crippen molar-refractivity contribution < 1.29 is 43.4 Å². The number of likely N-dealkylation sites (N-methyl/N-ethyl adjacent to an activating group) is 1. The number of carboxylic acid groups (broad SMARTS) is 1. The number of aliphatic hydroxyl groups is 1. The summed E-state index contributed by atoms with van der Waals surface area (Å²) in [6.07, 6.45) is -2.01. The van der Waals surface area contributed by atoms with E-state index >= 15 is 0 Å². The summed E-state index contributed by atoms with van der Waals surface area (Å²) in [5, 5.41) is 18.0. The van der Waals surface area contributed by atoms with Crippen molar-refractivity contribution in [2.24, 2.45) is 0 Å². The maximum atomic E-state index is 11.7. The quantitative estimate of drug-likeness (QED) is 0.156. The molecule has 0 heterocycles. The molecule has 0 radical (unpaired) electrons. The highest BCUT2D eigenvalue weighted by Gasteiger charge is 2.25. The van der Waals surface area contributed by atoms with E-state index in [4.69, 9.17) is 9.84 Å². The Hall–Kier alpha value is -2.39. The number of nitrogens with zero attached hydrogens (tertiary/aromatic N) is 1. The van der Waals surface area contributed by atoms with Crippen molar-refractivity contribution in [2.45, 2.75) is 25.0 Å². The average Bonchev–Trinajstić information content (AvgIpc) is 2.41. The Morgan fingerprint density at radius 1 is 1.12 bits per heavy atom. The van der Waals surface area contributed by atoms with E-state index in [1.165, 1.54) is 0 Å². The number of esters is 1. The topological polar surface area (TPSA) is 135 Å². The molecule has 9 nitrogen and oxygen atoms in total. The summed E-state index contributed by atoms with van der Waals surface area (Å²) in [7, 11) is 5.36. The summed E-state index contributed by atoms with van der Waals surface area (Å²) < 4.78 is 5.32. The molecule has 0 rings (SSSR count). The molecule has 0 aromatic carbocycles. The van der Waals surface area contributed by atoms with E-state index in [1.807, 2.05) is 0 Å². The van der Waals surface area contributed by atoms with Crippen LogP contribution in [0.25, 0.3) is 0 Å². The minimum atomic E-state index is -1.76. The van der Waals surface area contributed by atoms with Crippen LogP contribution in [0.15, 0.2) is 12.2 Å². The third-order valence-electron chi connectivity index (χ3n) is 2.67. The van der Waals surface area contributed by atoms with E-state index in [1.54, 1.807) is 21.1 Å². The lowest BCUT2D eigenvalue weighted by molar-refractivity contribution is -0.873. The summed E-state index contributed by atoms with van der Waals surface area (Å²) in [5.41, 5.74) is 0. The average molecular weight is 344 g/mol. The first kappa shape index (κ1) is 21.6. The van der Waals surface area contributed by atoms with E-state index in [-0.39, 0.29) is 12.8 Å². The Kier molecular flexibility index (Phi) is 8.72. The molecule has 134 valence electrons. The lowest BCUT2D eigenvalue weighted by atomic mass is 10.1. The van der Waals surface area contributed by atoms with Gasteiger partial charge in [-0.25, -0.2) is 4.79 Å². The molecule has 9 heteroatoms. The third kappa shape index (κ3) is 9.59. The van der Waals surface area contributed by atoms with Crippen LogP contribution in [0.4, 0.5) is 0 Å². The molecular weight excluding hydrogens is 322 g/mol. The Morgan fingerprint density at radius 2 is 1.71 bits per heavy atom. The number of carboxylic acids is 1. The van der Waals surface area contributed by atoms with Gasteiger partial charge in [-0.3, -0.25) is 14.4 Å². The van der Waals surface area contributed by atoms with Crippen molar-refractivity contribution >= 4 is 29.8 Å². The SMILES string of the molecule is C[N+](C)(C)CC(CC(=O)O)OC(=O)/C=C/C(=O)C(=O)C(O)CC=O. The lowest BCUT2D eigenvalue weighted by Crippen LogP contribution is -2.43. The summed E-state index contributed by atoms with van der Waals surface area (Å²) in [6, 6.07) is 0.